The molecule has 16 heavy (non-hydrogen) atoms. The minimum Gasteiger partial charge on any atom is -0.152 e. The summed E-state index contributed by atoms with van der Waals surface area (Å²) >= 11 is 14.0. The molecule has 1 aromatic heterocycles. The number of alkyl halides is 1. The standard InChI is InChI=1S/C13H12Cl2S/c1-9-7-16-8-12(9)13(15)6-10-3-2-4-11(14)5-10/h2-5,7-8,13H,6H2,1H3. The Morgan fingerprint density at radius 2 is 2.12 bits per heavy atom. The molecule has 1 unspecified atom stereocenters. The molecule has 1 heterocycles. The van der Waals surface area contributed by atoms with E-state index < -0.39 is 0 Å². The van der Waals surface area contributed by atoms with Gasteiger partial charge in [0.05, 0.1) is 5.38 Å². The van der Waals surface area contributed by atoms with Crippen molar-refractivity contribution in [3.63, 3.8) is 0 Å². The number of benzene rings is 1. The van der Waals surface area contributed by atoms with Crippen LogP contribution in [0.4, 0.5) is 0 Å². The van der Waals surface area contributed by atoms with Crippen molar-refractivity contribution < 1.29 is 0 Å². The van der Waals surface area contributed by atoms with E-state index in [0.717, 1.165) is 11.4 Å². The number of hydrogen-bond acceptors (Lipinski definition) is 1. The summed E-state index contributed by atoms with van der Waals surface area (Å²) in [5, 5.41) is 5.05. The first-order valence-corrected chi connectivity index (χ1v) is 6.84. The fourth-order valence-electron chi connectivity index (χ4n) is 1.67. The first-order valence-electron chi connectivity index (χ1n) is 5.08. The first-order chi connectivity index (χ1) is 7.66. The molecule has 2 rings (SSSR count). The molecule has 1 atom stereocenters. The maximum atomic E-state index is 6.40. The predicted octanol–water partition coefficient (Wildman–Crippen LogP) is 5.23. The lowest BCUT2D eigenvalue weighted by molar-refractivity contribution is 0.916. The van der Waals surface area contributed by atoms with Crippen LogP contribution in [0.25, 0.3) is 0 Å². The Morgan fingerprint density at radius 1 is 1.31 bits per heavy atom. The predicted molar refractivity (Wildman–Crippen MR) is 72.8 cm³/mol. The molecule has 0 spiro atoms. The van der Waals surface area contributed by atoms with Gasteiger partial charge >= 0.3 is 0 Å². The van der Waals surface area contributed by atoms with Crippen LogP contribution in [-0.2, 0) is 6.42 Å². The average Bonchev–Trinajstić information content (AvgIpc) is 2.64. The molecule has 0 nitrogen and oxygen atoms in total. The molecule has 0 saturated carbocycles. The second kappa shape index (κ2) is 5.22. The summed E-state index contributed by atoms with van der Waals surface area (Å²) in [7, 11) is 0. The van der Waals surface area contributed by atoms with Gasteiger partial charge in [-0.3, -0.25) is 0 Å². The maximum absolute atomic E-state index is 6.40. The van der Waals surface area contributed by atoms with Gasteiger partial charge in [-0.25, -0.2) is 0 Å². The van der Waals surface area contributed by atoms with Crippen LogP contribution in [0.15, 0.2) is 35.0 Å². The van der Waals surface area contributed by atoms with Gasteiger partial charge in [-0.2, -0.15) is 11.3 Å². The highest BCUT2D eigenvalue weighted by molar-refractivity contribution is 7.08. The van der Waals surface area contributed by atoms with E-state index in [-0.39, 0.29) is 5.38 Å². The Morgan fingerprint density at radius 3 is 2.75 bits per heavy atom. The highest BCUT2D eigenvalue weighted by Gasteiger charge is 2.12. The normalized spacial score (nSPS) is 12.7. The zero-order valence-corrected chi connectivity index (χ0v) is 11.2. The van der Waals surface area contributed by atoms with Crippen molar-refractivity contribution in [2.75, 3.05) is 0 Å². The van der Waals surface area contributed by atoms with Gasteiger partial charge in [-0.1, -0.05) is 23.7 Å². The smallest absolute Gasteiger partial charge is 0.0636 e. The van der Waals surface area contributed by atoms with Crippen molar-refractivity contribution in [3.05, 3.63) is 56.7 Å². The minimum absolute atomic E-state index is 0.0321. The third kappa shape index (κ3) is 2.79. The van der Waals surface area contributed by atoms with E-state index in [4.69, 9.17) is 23.2 Å². The zero-order valence-electron chi connectivity index (χ0n) is 8.91. The molecule has 0 N–H and O–H groups in total. The summed E-state index contributed by atoms with van der Waals surface area (Å²) in [6.07, 6.45) is 0.819. The lowest BCUT2D eigenvalue weighted by Crippen LogP contribution is -1.95. The van der Waals surface area contributed by atoms with E-state index in [0.29, 0.717) is 0 Å². The van der Waals surface area contributed by atoms with Crippen molar-refractivity contribution in [1.82, 2.24) is 0 Å². The Balaban J connectivity index is 2.14. The molecule has 2 aromatic rings. The molecular formula is C13H12Cl2S. The topological polar surface area (TPSA) is 0 Å². The van der Waals surface area contributed by atoms with E-state index in [2.05, 4.69) is 23.8 Å². The largest absolute Gasteiger partial charge is 0.152 e. The minimum atomic E-state index is 0.0321. The van der Waals surface area contributed by atoms with Crippen molar-refractivity contribution >= 4 is 34.5 Å². The van der Waals surface area contributed by atoms with Gasteiger partial charge < -0.3 is 0 Å². The van der Waals surface area contributed by atoms with Crippen molar-refractivity contribution in [2.45, 2.75) is 18.7 Å². The van der Waals surface area contributed by atoms with Crippen LogP contribution in [0, 0.1) is 6.92 Å². The highest BCUT2D eigenvalue weighted by atomic mass is 35.5. The summed E-state index contributed by atoms with van der Waals surface area (Å²) in [4.78, 5) is 0. The van der Waals surface area contributed by atoms with Crippen molar-refractivity contribution in [1.29, 1.82) is 0 Å². The monoisotopic (exact) mass is 270 g/mol. The van der Waals surface area contributed by atoms with Crippen LogP contribution < -0.4 is 0 Å². The van der Waals surface area contributed by atoms with Gasteiger partial charge in [0.1, 0.15) is 0 Å². The summed E-state index contributed by atoms with van der Waals surface area (Å²) in [5.41, 5.74) is 3.68. The molecule has 1 aromatic carbocycles. The molecule has 0 saturated heterocycles. The van der Waals surface area contributed by atoms with Crippen molar-refractivity contribution in [2.24, 2.45) is 0 Å². The maximum Gasteiger partial charge on any atom is 0.0636 e. The molecule has 3 heteroatoms. The highest BCUT2D eigenvalue weighted by Crippen LogP contribution is 2.30. The lowest BCUT2D eigenvalue weighted by Gasteiger charge is -2.09. The SMILES string of the molecule is Cc1cscc1C(Cl)Cc1cccc(Cl)c1. The molecule has 0 radical (unpaired) electrons. The number of hydrogen-bond donors (Lipinski definition) is 0. The third-order valence-corrected chi connectivity index (χ3v) is 4.04. The number of rotatable bonds is 3. The zero-order chi connectivity index (χ0) is 11.5. The second-order valence-corrected chi connectivity index (χ2v) is 5.52. The molecule has 0 aliphatic heterocycles. The number of halogens is 2. The van der Waals surface area contributed by atoms with E-state index in [9.17, 15) is 0 Å². The van der Waals surface area contributed by atoms with Gasteiger partial charge in [0.25, 0.3) is 0 Å². The number of aryl methyl sites for hydroxylation is 1. The van der Waals surface area contributed by atoms with Crippen LogP contribution >= 0.6 is 34.5 Å². The lowest BCUT2D eigenvalue weighted by atomic mass is 10.0. The summed E-state index contributed by atoms with van der Waals surface area (Å²) in [6, 6.07) is 7.87. The molecule has 0 aliphatic rings. The van der Waals surface area contributed by atoms with Gasteiger partial charge in [-0.15, -0.1) is 11.6 Å². The van der Waals surface area contributed by atoms with E-state index in [1.807, 2.05) is 18.2 Å². The first kappa shape index (κ1) is 12.0. The summed E-state index contributed by atoms with van der Waals surface area (Å²) < 4.78 is 0. The van der Waals surface area contributed by atoms with Crippen LogP contribution in [0.5, 0.6) is 0 Å². The fourth-order valence-corrected chi connectivity index (χ4v) is 3.28. The molecular weight excluding hydrogens is 259 g/mol. The quantitative estimate of drug-likeness (QED) is 0.670. The van der Waals surface area contributed by atoms with Gasteiger partial charge in [0.15, 0.2) is 0 Å². The van der Waals surface area contributed by atoms with Gasteiger partial charge in [0, 0.05) is 5.02 Å². The third-order valence-electron chi connectivity index (χ3n) is 2.54. The molecule has 0 fully saturated rings. The molecule has 0 bridgehead atoms. The van der Waals surface area contributed by atoms with E-state index in [1.165, 1.54) is 16.7 Å². The average molecular weight is 271 g/mol. The van der Waals surface area contributed by atoms with Crippen LogP contribution in [0.2, 0.25) is 5.02 Å². The van der Waals surface area contributed by atoms with Crippen molar-refractivity contribution in [3.8, 4) is 0 Å². The van der Waals surface area contributed by atoms with Crippen LogP contribution in [0.1, 0.15) is 22.1 Å². The molecule has 0 aliphatic carbocycles. The summed E-state index contributed by atoms with van der Waals surface area (Å²) in [5.74, 6) is 0. The Bertz CT molecular complexity index is 476. The van der Waals surface area contributed by atoms with E-state index >= 15 is 0 Å². The summed E-state index contributed by atoms with van der Waals surface area (Å²) in [6.45, 7) is 2.10. The Labute approximate surface area is 110 Å². The van der Waals surface area contributed by atoms with Gasteiger partial charge in [0.2, 0.25) is 0 Å². The van der Waals surface area contributed by atoms with E-state index in [1.54, 1.807) is 11.3 Å². The molecule has 84 valence electrons. The molecule has 0 amide bonds. The number of thiophene rings is 1. The second-order valence-electron chi connectivity index (χ2n) is 3.81. The van der Waals surface area contributed by atoms with Crippen LogP contribution in [0.3, 0.4) is 0 Å². The Hall–Kier alpha value is -0.500. The van der Waals surface area contributed by atoms with Crippen LogP contribution in [-0.4, -0.2) is 0 Å². The van der Waals surface area contributed by atoms with Gasteiger partial charge in [-0.05, 0) is 52.9 Å². The Kier molecular flexibility index (Phi) is 3.91. The fraction of sp³-hybridized carbons (Fsp3) is 0.231.